The fourth-order valence-corrected chi connectivity index (χ4v) is 10.6. The molecule has 0 aromatic heterocycles. The van der Waals surface area contributed by atoms with Crippen molar-refractivity contribution in [2.45, 2.75) is 105 Å². The van der Waals surface area contributed by atoms with Gasteiger partial charge in [-0.25, -0.2) is 0 Å². The zero-order valence-corrected chi connectivity index (χ0v) is 22.6. The predicted octanol–water partition coefficient (Wildman–Crippen LogP) is 5.39. The van der Waals surface area contributed by atoms with E-state index in [1.807, 2.05) is 6.92 Å². The van der Waals surface area contributed by atoms with Gasteiger partial charge < -0.3 is 15.3 Å². The molecule has 0 heterocycles. The molecular weight excluding hydrogens is 440 g/mol. The average molecular weight is 487 g/mol. The zero-order chi connectivity index (χ0) is 25.8. The Balaban J connectivity index is 1.61. The van der Waals surface area contributed by atoms with Gasteiger partial charge in [0.05, 0.1) is 17.4 Å². The Hall–Kier alpha value is -1.20. The first-order valence-electron chi connectivity index (χ1n) is 13.9. The second-order valence-electron chi connectivity index (χ2n) is 14.8. The van der Waals surface area contributed by atoms with Gasteiger partial charge in [0.1, 0.15) is 6.10 Å². The van der Waals surface area contributed by atoms with Crippen molar-refractivity contribution in [1.82, 2.24) is 0 Å². The number of ketones is 1. The number of carbonyl (C=O) groups excluding carboxylic acids is 1. The van der Waals surface area contributed by atoms with E-state index in [0.717, 1.165) is 51.4 Å². The third-order valence-electron chi connectivity index (χ3n) is 12.9. The van der Waals surface area contributed by atoms with Gasteiger partial charge in [-0.05, 0) is 97.2 Å². The van der Waals surface area contributed by atoms with Crippen molar-refractivity contribution < 1.29 is 24.9 Å². The molecule has 5 heteroatoms. The standard InChI is InChI=1S/C30H46O5/c1-25(2)11-13-30(24(34)35)14-12-28(5)18(19(30)15-25)7-8-22-26(3)16-20(32)23(33)27(4,17-31)21(26)9-10-29(22,28)6/h7,19-22,31-32H,8-17H2,1-6H3,(H,34,35)/t19-,20-,21+,22-,26-,27+,28-,29-,30+/m1/s1. The molecule has 0 spiro atoms. The fourth-order valence-electron chi connectivity index (χ4n) is 10.6. The topological polar surface area (TPSA) is 94.8 Å². The Morgan fingerprint density at radius 2 is 1.63 bits per heavy atom. The molecule has 35 heavy (non-hydrogen) atoms. The van der Waals surface area contributed by atoms with Crippen molar-refractivity contribution >= 4 is 11.8 Å². The highest BCUT2D eigenvalue weighted by atomic mass is 16.4. The number of hydrogen-bond donors (Lipinski definition) is 3. The lowest BCUT2D eigenvalue weighted by Crippen LogP contribution is -2.67. The Kier molecular flexibility index (Phi) is 5.40. The summed E-state index contributed by atoms with van der Waals surface area (Å²) in [7, 11) is 0. The first kappa shape index (κ1) is 25.4. The second kappa shape index (κ2) is 7.43. The van der Waals surface area contributed by atoms with Gasteiger partial charge in [0.2, 0.25) is 0 Å². The molecule has 5 aliphatic rings. The first-order valence-corrected chi connectivity index (χ1v) is 13.9. The molecule has 196 valence electrons. The van der Waals surface area contributed by atoms with E-state index in [4.69, 9.17) is 0 Å². The zero-order valence-electron chi connectivity index (χ0n) is 22.6. The molecule has 4 fully saturated rings. The number of carbonyl (C=O) groups is 2. The Labute approximate surface area is 210 Å². The minimum Gasteiger partial charge on any atom is -0.481 e. The molecular formula is C30H46O5. The van der Waals surface area contributed by atoms with Gasteiger partial charge in [0.15, 0.2) is 5.78 Å². The van der Waals surface area contributed by atoms with Crippen LogP contribution in [-0.2, 0) is 9.59 Å². The normalized spacial score (nSPS) is 52.9. The SMILES string of the molecule is CC1(C)CC[C@]2(C(=O)O)CC[C@]3(C)C(=CC[C@@H]4[C@]5(C)C[C@@H](O)C(=O)[C@@](C)(CO)[C@H]5CC[C@]43C)[C@H]2C1. The maximum absolute atomic E-state index is 13.0. The van der Waals surface area contributed by atoms with Crippen molar-refractivity contribution in [2.24, 2.45) is 50.2 Å². The van der Waals surface area contributed by atoms with Gasteiger partial charge in [0, 0.05) is 0 Å². The van der Waals surface area contributed by atoms with Crippen molar-refractivity contribution in [1.29, 1.82) is 0 Å². The number of aliphatic carboxylic acids is 1. The molecule has 0 aromatic rings. The van der Waals surface area contributed by atoms with Crippen LogP contribution in [0.15, 0.2) is 11.6 Å². The number of aliphatic hydroxyl groups is 2. The summed E-state index contributed by atoms with van der Waals surface area (Å²) >= 11 is 0. The highest BCUT2D eigenvalue weighted by Gasteiger charge is 2.70. The van der Waals surface area contributed by atoms with E-state index in [-0.39, 0.29) is 51.8 Å². The van der Waals surface area contributed by atoms with Gasteiger partial charge in [-0.3, -0.25) is 9.59 Å². The Bertz CT molecular complexity index is 983. The number of aliphatic hydroxyl groups excluding tert-OH is 2. The van der Waals surface area contributed by atoms with Gasteiger partial charge in [-0.1, -0.05) is 53.2 Å². The van der Waals surface area contributed by atoms with Crippen LogP contribution in [0.3, 0.4) is 0 Å². The van der Waals surface area contributed by atoms with Crippen LogP contribution in [0.1, 0.15) is 99.3 Å². The summed E-state index contributed by atoms with van der Waals surface area (Å²) in [5.74, 6) is -0.408. The third kappa shape index (κ3) is 3.00. The molecule has 0 unspecified atom stereocenters. The molecule has 3 N–H and O–H groups in total. The molecule has 9 atom stereocenters. The monoisotopic (exact) mass is 486 g/mol. The van der Waals surface area contributed by atoms with Crippen LogP contribution >= 0.6 is 0 Å². The lowest BCUT2D eigenvalue weighted by Gasteiger charge is -2.70. The highest BCUT2D eigenvalue weighted by Crippen LogP contribution is 2.75. The van der Waals surface area contributed by atoms with E-state index in [1.165, 1.54) is 5.57 Å². The van der Waals surface area contributed by atoms with Crippen LogP contribution in [0.25, 0.3) is 0 Å². The molecule has 5 rings (SSSR count). The number of hydrogen-bond acceptors (Lipinski definition) is 4. The minimum absolute atomic E-state index is 0.0366. The van der Waals surface area contributed by atoms with E-state index in [9.17, 15) is 24.9 Å². The van der Waals surface area contributed by atoms with Crippen LogP contribution < -0.4 is 0 Å². The summed E-state index contributed by atoms with van der Waals surface area (Å²) in [5, 5.41) is 31.7. The average Bonchev–Trinajstić information content (AvgIpc) is 2.77. The fraction of sp³-hybridized carbons (Fsp3) is 0.867. The van der Waals surface area contributed by atoms with Crippen LogP contribution in [-0.4, -0.2) is 39.8 Å². The van der Waals surface area contributed by atoms with Crippen molar-refractivity contribution in [3.8, 4) is 0 Å². The van der Waals surface area contributed by atoms with E-state index in [2.05, 4.69) is 40.7 Å². The minimum atomic E-state index is -1.03. The summed E-state index contributed by atoms with van der Waals surface area (Å²) in [6.07, 6.45) is 8.80. The maximum Gasteiger partial charge on any atom is 0.310 e. The maximum atomic E-state index is 13.0. The summed E-state index contributed by atoms with van der Waals surface area (Å²) in [6, 6.07) is 0. The number of allylic oxidation sites excluding steroid dienone is 2. The summed E-state index contributed by atoms with van der Waals surface area (Å²) in [6.45, 7) is 13.3. The van der Waals surface area contributed by atoms with Crippen molar-refractivity contribution in [3.63, 3.8) is 0 Å². The van der Waals surface area contributed by atoms with E-state index in [1.54, 1.807) is 0 Å². The first-order chi connectivity index (χ1) is 16.1. The molecule has 4 saturated carbocycles. The van der Waals surface area contributed by atoms with E-state index < -0.39 is 22.9 Å². The smallest absolute Gasteiger partial charge is 0.310 e. The second-order valence-corrected chi connectivity index (χ2v) is 14.8. The van der Waals surface area contributed by atoms with Crippen LogP contribution in [0, 0.1) is 50.2 Å². The van der Waals surface area contributed by atoms with E-state index >= 15 is 0 Å². The number of carboxylic acid groups (broad SMARTS) is 1. The lowest BCUT2D eigenvalue weighted by molar-refractivity contribution is -0.206. The van der Waals surface area contributed by atoms with Gasteiger partial charge in [-0.2, -0.15) is 0 Å². The molecule has 5 nitrogen and oxygen atoms in total. The molecule has 0 bridgehead atoms. The van der Waals surface area contributed by atoms with Crippen LogP contribution in [0.4, 0.5) is 0 Å². The number of fused-ring (bicyclic) bond motifs is 7. The number of rotatable bonds is 2. The molecule has 0 aliphatic heterocycles. The molecule has 0 amide bonds. The van der Waals surface area contributed by atoms with Gasteiger partial charge in [0.25, 0.3) is 0 Å². The number of carboxylic acids is 1. The highest BCUT2D eigenvalue weighted by molar-refractivity contribution is 5.90. The van der Waals surface area contributed by atoms with Gasteiger partial charge >= 0.3 is 5.97 Å². The Morgan fingerprint density at radius 3 is 2.26 bits per heavy atom. The molecule has 5 aliphatic carbocycles. The van der Waals surface area contributed by atoms with Crippen molar-refractivity contribution in [2.75, 3.05) is 6.61 Å². The summed E-state index contributed by atoms with van der Waals surface area (Å²) < 4.78 is 0. The summed E-state index contributed by atoms with van der Waals surface area (Å²) in [4.78, 5) is 25.8. The Morgan fingerprint density at radius 1 is 0.971 bits per heavy atom. The van der Waals surface area contributed by atoms with Crippen LogP contribution in [0.5, 0.6) is 0 Å². The van der Waals surface area contributed by atoms with Crippen molar-refractivity contribution in [3.05, 3.63) is 11.6 Å². The molecule has 0 aromatic carbocycles. The predicted molar refractivity (Wildman–Crippen MR) is 134 cm³/mol. The van der Waals surface area contributed by atoms with Gasteiger partial charge in [-0.15, -0.1) is 0 Å². The summed E-state index contributed by atoms with van der Waals surface area (Å²) in [5.41, 5.74) is -0.409. The lowest BCUT2D eigenvalue weighted by atomic mass is 9.33. The van der Waals surface area contributed by atoms with Crippen LogP contribution in [0.2, 0.25) is 0 Å². The third-order valence-corrected chi connectivity index (χ3v) is 12.9. The molecule has 0 radical (unpaired) electrons. The quantitative estimate of drug-likeness (QED) is 0.455. The largest absolute Gasteiger partial charge is 0.481 e. The number of Topliss-reactive ketones (excluding diaryl/α,β-unsaturated/α-hetero) is 1. The van der Waals surface area contributed by atoms with E-state index in [0.29, 0.717) is 6.42 Å². The molecule has 0 saturated heterocycles.